The van der Waals surface area contributed by atoms with Gasteiger partial charge >= 0.3 is 18.4 Å². The maximum absolute atomic E-state index is 13.4. The summed E-state index contributed by atoms with van der Waals surface area (Å²) >= 11 is 0. The largest absolute Gasteiger partial charge is 0.416 e. The van der Waals surface area contributed by atoms with Gasteiger partial charge in [0.1, 0.15) is 0 Å². The van der Waals surface area contributed by atoms with Crippen molar-refractivity contribution in [2.24, 2.45) is 5.11 Å². The van der Waals surface area contributed by atoms with Crippen LogP contribution in [-0.4, -0.2) is 17.9 Å². The highest BCUT2D eigenvalue weighted by Crippen LogP contribution is 2.39. The fourth-order valence-corrected chi connectivity index (χ4v) is 3.97. The molecule has 0 aliphatic heterocycles. The van der Waals surface area contributed by atoms with Crippen LogP contribution in [0.15, 0.2) is 84.0 Å². The molecule has 8 nitrogen and oxygen atoms in total. The fraction of sp³-hybridized carbons (Fsp3) is 0.179. The molecule has 0 radical (unpaired) electrons. The summed E-state index contributed by atoms with van der Waals surface area (Å²) in [5, 5.41) is 14.3. The number of carbonyl (C=O) groups excluding carboxylic acids is 2. The number of benzene rings is 3. The van der Waals surface area contributed by atoms with E-state index < -0.39 is 47.1 Å². The molecule has 1 aliphatic carbocycles. The van der Waals surface area contributed by atoms with Crippen molar-refractivity contribution >= 4 is 29.3 Å². The summed E-state index contributed by atoms with van der Waals surface area (Å²) < 4.78 is 80.1. The molecule has 4 N–H and O–H groups in total. The van der Waals surface area contributed by atoms with Crippen LogP contribution in [0.1, 0.15) is 39.5 Å². The SMILES string of the molecule is CC1(c2ccc(N(Cc3ccc(C(=O)NC(=N)N=N)cc3)C(=O)Nc3cc(C(F)(F)F)cc(C(F)(F)F)c3)cc2)C=C1. The number of amides is 3. The third-order valence-corrected chi connectivity index (χ3v) is 6.45. The number of hydrogen-bond donors (Lipinski definition) is 4. The van der Waals surface area contributed by atoms with Gasteiger partial charge in [0.25, 0.3) is 5.91 Å². The number of nitrogens with one attached hydrogen (secondary N) is 4. The van der Waals surface area contributed by atoms with Crippen LogP contribution < -0.4 is 15.5 Å². The Morgan fingerprint density at radius 1 is 0.881 bits per heavy atom. The van der Waals surface area contributed by atoms with E-state index in [4.69, 9.17) is 10.9 Å². The first-order chi connectivity index (χ1) is 19.6. The van der Waals surface area contributed by atoms with Crippen molar-refractivity contribution in [1.29, 1.82) is 10.9 Å². The van der Waals surface area contributed by atoms with E-state index in [-0.39, 0.29) is 23.6 Å². The lowest BCUT2D eigenvalue weighted by Crippen LogP contribution is -2.34. The van der Waals surface area contributed by atoms with E-state index in [2.05, 4.69) is 15.7 Å². The van der Waals surface area contributed by atoms with Crippen LogP contribution in [0, 0.1) is 10.9 Å². The molecule has 3 aromatic rings. The number of halogens is 6. The smallest absolute Gasteiger partial charge is 0.308 e. The van der Waals surface area contributed by atoms with Gasteiger partial charge in [-0.05, 0) is 60.5 Å². The molecule has 0 bridgehead atoms. The van der Waals surface area contributed by atoms with E-state index in [0.717, 1.165) is 10.5 Å². The second-order valence-corrected chi connectivity index (χ2v) is 9.59. The third-order valence-electron chi connectivity index (χ3n) is 6.45. The van der Waals surface area contributed by atoms with E-state index in [1.807, 2.05) is 19.1 Å². The molecule has 3 aromatic carbocycles. The number of carbonyl (C=O) groups is 2. The Morgan fingerprint density at radius 2 is 1.43 bits per heavy atom. The van der Waals surface area contributed by atoms with Crippen molar-refractivity contribution in [3.05, 3.63) is 107 Å². The van der Waals surface area contributed by atoms with E-state index in [0.29, 0.717) is 23.4 Å². The van der Waals surface area contributed by atoms with Gasteiger partial charge in [0, 0.05) is 22.4 Å². The maximum atomic E-state index is 13.4. The summed E-state index contributed by atoms with van der Waals surface area (Å²) in [7, 11) is 0. The van der Waals surface area contributed by atoms with Crippen LogP contribution in [0.25, 0.3) is 0 Å². The molecule has 0 heterocycles. The van der Waals surface area contributed by atoms with Gasteiger partial charge in [0.05, 0.1) is 17.7 Å². The molecule has 4 rings (SSSR count). The zero-order chi connectivity index (χ0) is 30.9. The first-order valence-electron chi connectivity index (χ1n) is 12.1. The Balaban J connectivity index is 1.65. The highest BCUT2D eigenvalue weighted by atomic mass is 19.4. The van der Waals surface area contributed by atoms with Crippen LogP contribution in [0.4, 0.5) is 42.5 Å². The van der Waals surface area contributed by atoms with E-state index in [1.54, 1.807) is 24.3 Å². The zero-order valence-corrected chi connectivity index (χ0v) is 21.7. The second-order valence-electron chi connectivity index (χ2n) is 9.59. The molecule has 14 heteroatoms. The van der Waals surface area contributed by atoms with Gasteiger partial charge < -0.3 is 5.32 Å². The predicted molar refractivity (Wildman–Crippen MR) is 141 cm³/mol. The predicted octanol–water partition coefficient (Wildman–Crippen LogP) is 7.49. The van der Waals surface area contributed by atoms with E-state index >= 15 is 0 Å². The quantitative estimate of drug-likeness (QED) is 0.0784. The fourth-order valence-electron chi connectivity index (χ4n) is 3.97. The lowest BCUT2D eigenvalue weighted by atomic mass is 9.96. The van der Waals surface area contributed by atoms with Crippen molar-refractivity contribution < 1.29 is 35.9 Å². The van der Waals surface area contributed by atoms with E-state index in [1.165, 1.54) is 24.3 Å². The average molecular weight is 589 g/mol. The monoisotopic (exact) mass is 588 g/mol. The lowest BCUT2D eigenvalue weighted by molar-refractivity contribution is -0.143. The molecule has 0 saturated heterocycles. The number of hydrogen-bond acceptors (Lipinski definition) is 4. The van der Waals surface area contributed by atoms with Gasteiger partial charge in [0.15, 0.2) is 0 Å². The minimum absolute atomic E-state index is 0.0318. The van der Waals surface area contributed by atoms with Gasteiger partial charge in [-0.15, -0.1) is 5.11 Å². The molecule has 3 amide bonds. The topological polar surface area (TPSA) is 122 Å². The maximum Gasteiger partial charge on any atom is 0.416 e. The Morgan fingerprint density at radius 3 is 1.90 bits per heavy atom. The highest BCUT2D eigenvalue weighted by molar-refractivity contribution is 6.05. The summed E-state index contributed by atoms with van der Waals surface area (Å²) in [6.07, 6.45) is -6.25. The van der Waals surface area contributed by atoms with Crippen molar-refractivity contribution in [3.63, 3.8) is 0 Å². The van der Waals surface area contributed by atoms with Gasteiger partial charge in [0.2, 0.25) is 5.96 Å². The number of guanidine groups is 1. The molecule has 0 fully saturated rings. The number of allylic oxidation sites excluding steroid dienone is 2. The number of anilines is 2. The van der Waals surface area contributed by atoms with Gasteiger partial charge in [-0.25, -0.2) is 10.3 Å². The summed E-state index contributed by atoms with van der Waals surface area (Å²) in [6.45, 7) is 1.79. The number of alkyl halides is 6. The molecule has 0 unspecified atom stereocenters. The lowest BCUT2D eigenvalue weighted by Gasteiger charge is -2.25. The van der Waals surface area contributed by atoms with Gasteiger partial charge in [-0.1, -0.05) is 36.4 Å². The van der Waals surface area contributed by atoms with E-state index in [9.17, 15) is 35.9 Å². The van der Waals surface area contributed by atoms with Crippen molar-refractivity contribution in [1.82, 2.24) is 5.32 Å². The number of nitrogens with zero attached hydrogens (tertiary/aromatic N) is 2. The summed E-state index contributed by atoms with van der Waals surface area (Å²) in [5.74, 6) is -1.38. The second kappa shape index (κ2) is 11.1. The van der Waals surface area contributed by atoms with Crippen molar-refractivity contribution in [2.75, 3.05) is 10.2 Å². The first kappa shape index (κ1) is 30.0. The highest BCUT2D eigenvalue weighted by Gasteiger charge is 2.37. The molecule has 0 atom stereocenters. The van der Waals surface area contributed by atoms with Crippen molar-refractivity contribution in [2.45, 2.75) is 31.2 Å². The van der Waals surface area contributed by atoms with Crippen LogP contribution in [0.2, 0.25) is 0 Å². The summed E-state index contributed by atoms with van der Waals surface area (Å²) in [5.41, 5.74) is 4.44. The molecule has 0 spiro atoms. The Kier molecular flexibility index (Phi) is 7.92. The number of urea groups is 1. The Hall–Kier alpha value is -5.01. The molecule has 1 aliphatic rings. The summed E-state index contributed by atoms with van der Waals surface area (Å²) in [4.78, 5) is 26.7. The Bertz CT molecular complexity index is 1530. The molecular weight excluding hydrogens is 566 g/mol. The normalized spacial score (nSPS) is 13.7. The minimum atomic E-state index is -5.09. The first-order valence-corrected chi connectivity index (χ1v) is 12.1. The molecule has 0 aromatic heterocycles. The van der Waals surface area contributed by atoms with Crippen molar-refractivity contribution in [3.8, 4) is 0 Å². The molecular formula is C28H22F6N6O2. The summed E-state index contributed by atoms with van der Waals surface area (Å²) in [6, 6.07) is 12.2. The standard InChI is InChI=1S/C28H22F6N6O2/c1-26(10-11-26)18-6-8-22(9-7-18)40(15-16-2-4-17(5-3-16)23(41)38-24(35)39-36)25(42)37-21-13-19(27(29,30)31)12-20(14-21)28(32,33)34/h2-14,36H,15H2,1H3,(H,37,42)(H2,35,38,41). The Labute approximate surface area is 235 Å². The minimum Gasteiger partial charge on any atom is -0.308 e. The molecule has 42 heavy (non-hydrogen) atoms. The van der Waals surface area contributed by atoms with Gasteiger partial charge in [-0.3, -0.25) is 20.4 Å². The number of rotatable bonds is 6. The van der Waals surface area contributed by atoms with Crippen LogP contribution in [0.3, 0.4) is 0 Å². The average Bonchev–Trinajstić information content (AvgIpc) is 3.69. The van der Waals surface area contributed by atoms with Gasteiger partial charge in [-0.2, -0.15) is 26.3 Å². The molecule has 0 saturated carbocycles. The third kappa shape index (κ3) is 7.00. The van der Waals surface area contributed by atoms with Crippen LogP contribution >= 0.6 is 0 Å². The van der Waals surface area contributed by atoms with Crippen LogP contribution in [0.5, 0.6) is 0 Å². The molecule has 218 valence electrons. The van der Waals surface area contributed by atoms with Crippen LogP contribution in [-0.2, 0) is 24.3 Å². The zero-order valence-electron chi connectivity index (χ0n) is 21.7.